The maximum atomic E-state index is 12.7. The van der Waals surface area contributed by atoms with Crippen LogP contribution in [0.3, 0.4) is 0 Å². The highest BCUT2D eigenvalue weighted by molar-refractivity contribution is 6.05. The number of aliphatic hydroxyl groups is 1. The molecule has 150 valence electrons. The predicted molar refractivity (Wildman–Crippen MR) is 112 cm³/mol. The lowest BCUT2D eigenvalue weighted by Crippen LogP contribution is -2.48. The van der Waals surface area contributed by atoms with Gasteiger partial charge in [0.2, 0.25) is 0 Å². The van der Waals surface area contributed by atoms with Crippen molar-refractivity contribution in [2.24, 2.45) is 0 Å². The van der Waals surface area contributed by atoms with Gasteiger partial charge in [-0.3, -0.25) is 4.79 Å². The summed E-state index contributed by atoms with van der Waals surface area (Å²) in [5.41, 5.74) is 2.91. The highest BCUT2D eigenvalue weighted by atomic mass is 16.3. The number of benzene rings is 2. The van der Waals surface area contributed by atoms with Crippen molar-refractivity contribution in [3.63, 3.8) is 0 Å². The second-order valence-corrected chi connectivity index (χ2v) is 7.66. The maximum Gasteiger partial charge on any atom is 0.255 e. The van der Waals surface area contributed by atoms with Crippen LogP contribution in [-0.4, -0.2) is 44.7 Å². The number of carbonyl (C=O) groups excluding carboxylic acids is 1. The van der Waals surface area contributed by atoms with Crippen LogP contribution in [0.25, 0.3) is 11.3 Å². The minimum atomic E-state index is -0.808. The van der Waals surface area contributed by atoms with Gasteiger partial charge < -0.3 is 15.7 Å². The van der Waals surface area contributed by atoms with E-state index in [1.54, 1.807) is 4.68 Å². The number of nitrogens with one attached hydrogen (secondary N) is 2. The number of para-hydroxylation sites is 1. The van der Waals surface area contributed by atoms with E-state index < -0.39 is 5.60 Å². The Morgan fingerprint density at radius 1 is 1.28 bits per heavy atom. The van der Waals surface area contributed by atoms with Crippen molar-refractivity contribution in [1.29, 1.82) is 0 Å². The van der Waals surface area contributed by atoms with Crippen molar-refractivity contribution < 1.29 is 9.90 Å². The number of β-amino-alcohol motifs (C(OH)–C–C–N with tert-alkyl or cyclic N) is 1. The second-order valence-electron chi connectivity index (χ2n) is 7.66. The average Bonchev–Trinajstić information content (AvgIpc) is 3.17. The van der Waals surface area contributed by atoms with Crippen molar-refractivity contribution in [2.75, 3.05) is 18.4 Å². The molecule has 1 fully saturated rings. The van der Waals surface area contributed by atoms with E-state index in [1.165, 1.54) is 0 Å². The molecule has 7 heteroatoms. The lowest BCUT2D eigenvalue weighted by Gasteiger charge is -2.32. The molecule has 2 heterocycles. The smallest absolute Gasteiger partial charge is 0.255 e. The Morgan fingerprint density at radius 3 is 2.86 bits per heavy atom. The van der Waals surface area contributed by atoms with Crippen LogP contribution in [0.5, 0.6) is 0 Å². The van der Waals surface area contributed by atoms with Crippen LogP contribution < -0.4 is 10.6 Å². The molecule has 1 atom stereocenters. The van der Waals surface area contributed by atoms with E-state index in [4.69, 9.17) is 0 Å². The summed E-state index contributed by atoms with van der Waals surface area (Å²) in [7, 11) is 0. The van der Waals surface area contributed by atoms with Gasteiger partial charge in [0.05, 0.1) is 18.3 Å². The van der Waals surface area contributed by atoms with E-state index in [0.717, 1.165) is 36.2 Å². The van der Waals surface area contributed by atoms with Crippen molar-refractivity contribution in [3.05, 3.63) is 65.9 Å². The van der Waals surface area contributed by atoms with E-state index in [0.29, 0.717) is 24.3 Å². The van der Waals surface area contributed by atoms with E-state index in [2.05, 4.69) is 20.9 Å². The summed E-state index contributed by atoms with van der Waals surface area (Å²) in [5.74, 6) is -0.162. The Bertz CT molecular complexity index is 993. The Hall–Kier alpha value is -3.03. The molecule has 1 amide bonds. The molecule has 3 N–H and O–H groups in total. The van der Waals surface area contributed by atoms with E-state index >= 15 is 0 Å². The molecule has 0 spiro atoms. The molecule has 0 radical (unpaired) electrons. The first kappa shape index (κ1) is 19.3. The Labute approximate surface area is 169 Å². The van der Waals surface area contributed by atoms with Gasteiger partial charge in [0.25, 0.3) is 5.91 Å². The minimum Gasteiger partial charge on any atom is -0.387 e. The molecular formula is C22H25N5O2. The summed E-state index contributed by atoms with van der Waals surface area (Å²) in [5, 5.41) is 25.3. The molecule has 2 aromatic carbocycles. The number of nitrogens with zero attached hydrogens (tertiary/aromatic N) is 3. The van der Waals surface area contributed by atoms with Crippen LogP contribution in [0, 0.1) is 6.92 Å². The molecule has 4 rings (SSSR count). The topological polar surface area (TPSA) is 92.1 Å². The summed E-state index contributed by atoms with van der Waals surface area (Å²) < 4.78 is 1.67. The fraction of sp³-hybridized carbons (Fsp3) is 0.318. The van der Waals surface area contributed by atoms with Crippen LogP contribution in [0.2, 0.25) is 0 Å². The van der Waals surface area contributed by atoms with Crippen molar-refractivity contribution in [3.8, 4) is 11.3 Å². The first-order valence-electron chi connectivity index (χ1n) is 9.83. The van der Waals surface area contributed by atoms with Gasteiger partial charge in [-0.1, -0.05) is 35.5 Å². The van der Waals surface area contributed by atoms with Crippen molar-refractivity contribution in [1.82, 2.24) is 20.3 Å². The van der Waals surface area contributed by atoms with E-state index in [1.807, 2.05) is 61.7 Å². The lowest BCUT2D eigenvalue weighted by atomic mass is 9.94. The largest absolute Gasteiger partial charge is 0.387 e. The van der Waals surface area contributed by atoms with Gasteiger partial charge in [-0.15, -0.1) is 5.10 Å². The third kappa shape index (κ3) is 4.52. The normalized spacial score (nSPS) is 19.1. The van der Waals surface area contributed by atoms with Crippen LogP contribution in [0.1, 0.15) is 28.8 Å². The molecule has 3 aromatic rings. The second kappa shape index (κ2) is 8.14. The van der Waals surface area contributed by atoms with E-state index in [9.17, 15) is 9.90 Å². The van der Waals surface area contributed by atoms with Crippen molar-refractivity contribution >= 4 is 11.6 Å². The zero-order chi connectivity index (χ0) is 20.3. The van der Waals surface area contributed by atoms with Gasteiger partial charge in [0, 0.05) is 23.4 Å². The number of aromatic nitrogens is 3. The maximum absolute atomic E-state index is 12.7. The molecule has 1 aromatic heterocycles. The van der Waals surface area contributed by atoms with Gasteiger partial charge in [0.15, 0.2) is 0 Å². The van der Waals surface area contributed by atoms with Gasteiger partial charge >= 0.3 is 0 Å². The zero-order valence-electron chi connectivity index (χ0n) is 16.4. The average molecular weight is 391 g/mol. The van der Waals surface area contributed by atoms with Crippen molar-refractivity contribution in [2.45, 2.75) is 31.9 Å². The molecule has 7 nitrogen and oxygen atoms in total. The monoisotopic (exact) mass is 391 g/mol. The predicted octanol–water partition coefficient (Wildman–Crippen LogP) is 2.62. The minimum absolute atomic E-state index is 0.162. The first-order chi connectivity index (χ1) is 14.0. The first-order valence-corrected chi connectivity index (χ1v) is 9.83. The van der Waals surface area contributed by atoms with Gasteiger partial charge in [-0.05, 0) is 50.1 Å². The molecule has 1 aliphatic heterocycles. The molecule has 0 aliphatic carbocycles. The number of rotatable bonds is 5. The van der Waals surface area contributed by atoms with Crippen LogP contribution in [0.15, 0.2) is 54.7 Å². The van der Waals surface area contributed by atoms with Crippen LogP contribution in [0.4, 0.5) is 5.69 Å². The Morgan fingerprint density at radius 2 is 2.10 bits per heavy atom. The number of aryl methyl sites for hydroxylation is 1. The molecule has 29 heavy (non-hydrogen) atoms. The number of carbonyl (C=O) groups is 1. The third-order valence-corrected chi connectivity index (χ3v) is 5.25. The molecule has 0 bridgehead atoms. The quantitative estimate of drug-likeness (QED) is 0.622. The standard InChI is InChI=1S/C22H25N5O2/c1-16-8-9-17(12-19(16)21(28)24-18-6-3-2-4-7-18)20-13-27(26-25-20)15-22(29)10-5-11-23-14-22/h2-4,6-9,12-13,23,29H,5,10-11,14-15H2,1H3,(H,24,28). The van der Waals surface area contributed by atoms with Gasteiger partial charge in [-0.2, -0.15) is 0 Å². The summed E-state index contributed by atoms with van der Waals surface area (Å²) in [6.07, 6.45) is 3.50. The number of piperidine rings is 1. The summed E-state index contributed by atoms with van der Waals surface area (Å²) >= 11 is 0. The number of hydrogen-bond donors (Lipinski definition) is 3. The van der Waals surface area contributed by atoms with Gasteiger partial charge in [0.1, 0.15) is 5.69 Å². The zero-order valence-corrected chi connectivity index (χ0v) is 16.4. The third-order valence-electron chi connectivity index (χ3n) is 5.25. The molecule has 1 unspecified atom stereocenters. The number of amides is 1. The van der Waals surface area contributed by atoms with Crippen LogP contribution >= 0.6 is 0 Å². The van der Waals surface area contributed by atoms with Gasteiger partial charge in [-0.25, -0.2) is 4.68 Å². The summed E-state index contributed by atoms with van der Waals surface area (Å²) in [6, 6.07) is 15.1. The Balaban J connectivity index is 1.53. The fourth-order valence-electron chi connectivity index (χ4n) is 3.64. The summed E-state index contributed by atoms with van der Waals surface area (Å²) in [6.45, 7) is 3.78. The van der Waals surface area contributed by atoms with E-state index in [-0.39, 0.29) is 5.91 Å². The SMILES string of the molecule is Cc1ccc(-c2cn(CC3(O)CCCNC3)nn2)cc1C(=O)Nc1ccccc1. The molecule has 1 saturated heterocycles. The van der Waals surface area contributed by atoms with Crippen LogP contribution in [-0.2, 0) is 6.54 Å². The highest BCUT2D eigenvalue weighted by Gasteiger charge is 2.30. The molecule has 0 saturated carbocycles. The molecule has 1 aliphatic rings. The fourth-order valence-corrected chi connectivity index (χ4v) is 3.64. The molecular weight excluding hydrogens is 366 g/mol. The summed E-state index contributed by atoms with van der Waals surface area (Å²) in [4.78, 5) is 12.7. The number of anilines is 1. The number of hydrogen-bond acceptors (Lipinski definition) is 5. The Kier molecular flexibility index (Phi) is 5.42. The lowest BCUT2D eigenvalue weighted by molar-refractivity contribution is -0.00265. The highest BCUT2D eigenvalue weighted by Crippen LogP contribution is 2.23.